The van der Waals surface area contributed by atoms with Crippen molar-refractivity contribution in [3.05, 3.63) is 75.8 Å². The maximum Gasteiger partial charge on any atom is 0.365 e. The lowest BCUT2D eigenvalue weighted by Crippen LogP contribution is -2.04. The number of nitrogens with zero attached hydrogens (tertiary/aromatic N) is 2. The Morgan fingerprint density at radius 3 is 2.24 bits per heavy atom. The molecule has 0 bridgehead atoms. The zero-order valence-corrected chi connectivity index (χ0v) is 11.2. The SMILES string of the molecule is CC(=NOC(=O)c1ccc([N+](=O)[O-])cc1)c1ccccc1. The summed E-state index contributed by atoms with van der Waals surface area (Å²) in [5, 5.41) is 14.3. The summed E-state index contributed by atoms with van der Waals surface area (Å²) in [6.45, 7) is 1.72. The Hall–Kier alpha value is -3.02. The lowest BCUT2D eigenvalue weighted by Gasteiger charge is -2.01. The first-order valence-electron chi connectivity index (χ1n) is 6.14. The predicted octanol–water partition coefficient (Wildman–Crippen LogP) is 3.18. The van der Waals surface area contributed by atoms with Crippen LogP contribution in [0.4, 0.5) is 5.69 Å². The molecule has 6 heteroatoms. The summed E-state index contributed by atoms with van der Waals surface area (Å²) in [5.74, 6) is -0.667. The maximum atomic E-state index is 11.8. The third-order valence-corrected chi connectivity index (χ3v) is 2.77. The van der Waals surface area contributed by atoms with E-state index in [-0.39, 0.29) is 11.3 Å². The number of oxime groups is 1. The standard InChI is InChI=1S/C15H12N2O4/c1-11(12-5-3-2-4-6-12)16-21-15(18)13-7-9-14(10-8-13)17(19)20/h2-10H,1H3. The average Bonchev–Trinajstić information content (AvgIpc) is 2.53. The van der Waals surface area contributed by atoms with Crippen LogP contribution in [0.15, 0.2) is 59.8 Å². The zero-order chi connectivity index (χ0) is 15.2. The molecule has 0 unspecified atom stereocenters. The van der Waals surface area contributed by atoms with Gasteiger partial charge >= 0.3 is 5.97 Å². The largest absolute Gasteiger partial charge is 0.365 e. The second-order valence-corrected chi connectivity index (χ2v) is 4.23. The average molecular weight is 284 g/mol. The van der Waals surface area contributed by atoms with Crippen molar-refractivity contribution in [2.45, 2.75) is 6.92 Å². The van der Waals surface area contributed by atoms with Gasteiger partial charge in [0.2, 0.25) is 0 Å². The van der Waals surface area contributed by atoms with Gasteiger partial charge in [-0.15, -0.1) is 0 Å². The van der Waals surface area contributed by atoms with Crippen LogP contribution >= 0.6 is 0 Å². The molecule has 21 heavy (non-hydrogen) atoms. The Balaban J connectivity index is 2.06. The Bertz CT molecular complexity index is 679. The normalized spacial score (nSPS) is 11.0. The summed E-state index contributed by atoms with van der Waals surface area (Å²) in [4.78, 5) is 26.6. The molecule has 0 heterocycles. The summed E-state index contributed by atoms with van der Waals surface area (Å²) in [6.07, 6.45) is 0. The summed E-state index contributed by atoms with van der Waals surface area (Å²) in [7, 11) is 0. The van der Waals surface area contributed by atoms with Crippen LogP contribution in [0.2, 0.25) is 0 Å². The first kappa shape index (κ1) is 14.4. The van der Waals surface area contributed by atoms with Gasteiger partial charge < -0.3 is 4.84 Å². The molecule has 0 aliphatic rings. The zero-order valence-electron chi connectivity index (χ0n) is 11.2. The van der Waals surface area contributed by atoms with Gasteiger partial charge in [-0.05, 0) is 24.6 Å². The fourth-order valence-corrected chi connectivity index (χ4v) is 1.61. The molecule has 0 atom stereocenters. The quantitative estimate of drug-likeness (QED) is 0.373. The molecule has 0 N–H and O–H groups in total. The molecular formula is C15H12N2O4. The van der Waals surface area contributed by atoms with Gasteiger partial charge in [0.25, 0.3) is 5.69 Å². The molecule has 6 nitrogen and oxygen atoms in total. The van der Waals surface area contributed by atoms with Gasteiger partial charge in [-0.25, -0.2) is 4.79 Å². The molecular weight excluding hydrogens is 272 g/mol. The number of benzene rings is 2. The van der Waals surface area contributed by atoms with E-state index in [4.69, 9.17) is 4.84 Å². The molecule has 0 amide bonds. The minimum atomic E-state index is -0.667. The molecule has 0 fully saturated rings. The molecule has 0 saturated heterocycles. The summed E-state index contributed by atoms with van der Waals surface area (Å²) in [5.41, 5.74) is 1.51. The lowest BCUT2D eigenvalue weighted by atomic mass is 10.1. The van der Waals surface area contributed by atoms with Crippen molar-refractivity contribution >= 4 is 17.4 Å². The van der Waals surface area contributed by atoms with Gasteiger partial charge in [0.1, 0.15) is 0 Å². The Kier molecular flexibility index (Phi) is 4.40. The first-order chi connectivity index (χ1) is 10.1. The van der Waals surface area contributed by atoms with E-state index in [1.807, 2.05) is 30.3 Å². The Labute approximate surface area is 120 Å². The number of nitro benzene ring substituents is 1. The molecule has 0 aliphatic carbocycles. The highest BCUT2D eigenvalue weighted by atomic mass is 16.7. The van der Waals surface area contributed by atoms with E-state index in [1.165, 1.54) is 24.3 Å². The fourth-order valence-electron chi connectivity index (χ4n) is 1.61. The van der Waals surface area contributed by atoms with Crippen LogP contribution < -0.4 is 0 Å². The number of carbonyl (C=O) groups excluding carboxylic acids is 1. The number of hydrogen-bond acceptors (Lipinski definition) is 5. The van der Waals surface area contributed by atoms with Gasteiger partial charge in [-0.1, -0.05) is 35.5 Å². The minimum Gasteiger partial charge on any atom is -0.313 e. The number of non-ortho nitro benzene ring substituents is 1. The number of hydrogen-bond donors (Lipinski definition) is 0. The van der Waals surface area contributed by atoms with Gasteiger partial charge in [-0.3, -0.25) is 10.1 Å². The molecule has 0 aromatic heterocycles. The first-order valence-corrected chi connectivity index (χ1v) is 6.14. The van der Waals surface area contributed by atoms with E-state index < -0.39 is 10.9 Å². The van der Waals surface area contributed by atoms with Crippen LogP contribution in [0.1, 0.15) is 22.8 Å². The topological polar surface area (TPSA) is 81.8 Å². The number of rotatable bonds is 4. The van der Waals surface area contributed by atoms with E-state index >= 15 is 0 Å². The van der Waals surface area contributed by atoms with Crippen LogP contribution in [0.25, 0.3) is 0 Å². The summed E-state index contributed by atoms with van der Waals surface area (Å²) >= 11 is 0. The fraction of sp³-hybridized carbons (Fsp3) is 0.0667. The lowest BCUT2D eigenvalue weighted by molar-refractivity contribution is -0.384. The van der Waals surface area contributed by atoms with Crippen LogP contribution in [0.5, 0.6) is 0 Å². The van der Waals surface area contributed by atoms with Crippen molar-refractivity contribution in [2.75, 3.05) is 0 Å². The van der Waals surface area contributed by atoms with Crippen LogP contribution in [-0.2, 0) is 4.84 Å². The summed E-state index contributed by atoms with van der Waals surface area (Å²) in [6, 6.07) is 14.4. The predicted molar refractivity (Wildman–Crippen MR) is 77.2 cm³/mol. The van der Waals surface area contributed by atoms with E-state index in [0.29, 0.717) is 5.71 Å². The van der Waals surface area contributed by atoms with E-state index in [9.17, 15) is 14.9 Å². The summed E-state index contributed by atoms with van der Waals surface area (Å²) < 4.78 is 0. The van der Waals surface area contributed by atoms with Crippen LogP contribution in [-0.4, -0.2) is 16.6 Å². The highest BCUT2D eigenvalue weighted by Crippen LogP contribution is 2.13. The van der Waals surface area contributed by atoms with E-state index in [1.54, 1.807) is 6.92 Å². The van der Waals surface area contributed by atoms with Gasteiger partial charge in [0.15, 0.2) is 0 Å². The molecule has 0 spiro atoms. The Morgan fingerprint density at radius 2 is 1.67 bits per heavy atom. The second-order valence-electron chi connectivity index (χ2n) is 4.23. The van der Waals surface area contributed by atoms with Crippen molar-refractivity contribution in [1.29, 1.82) is 0 Å². The Morgan fingerprint density at radius 1 is 1.05 bits per heavy atom. The van der Waals surface area contributed by atoms with E-state index in [2.05, 4.69) is 5.16 Å². The minimum absolute atomic E-state index is 0.0875. The molecule has 0 aliphatic heterocycles. The molecule has 0 radical (unpaired) electrons. The molecule has 0 saturated carbocycles. The monoisotopic (exact) mass is 284 g/mol. The molecule has 2 rings (SSSR count). The van der Waals surface area contributed by atoms with Crippen molar-refractivity contribution < 1.29 is 14.6 Å². The molecule has 106 valence electrons. The van der Waals surface area contributed by atoms with Crippen molar-refractivity contribution in [2.24, 2.45) is 5.16 Å². The van der Waals surface area contributed by atoms with Crippen LogP contribution in [0.3, 0.4) is 0 Å². The molecule has 2 aromatic carbocycles. The number of nitro groups is 1. The third-order valence-electron chi connectivity index (χ3n) is 2.77. The van der Waals surface area contributed by atoms with Gasteiger partial charge in [0, 0.05) is 12.1 Å². The molecule has 2 aromatic rings. The third kappa shape index (κ3) is 3.73. The highest BCUT2D eigenvalue weighted by molar-refractivity contribution is 5.99. The van der Waals surface area contributed by atoms with Crippen LogP contribution in [0, 0.1) is 10.1 Å². The van der Waals surface area contributed by atoms with E-state index in [0.717, 1.165) is 5.56 Å². The number of carbonyl (C=O) groups is 1. The van der Waals surface area contributed by atoms with Crippen molar-refractivity contribution in [3.8, 4) is 0 Å². The second kappa shape index (κ2) is 6.42. The van der Waals surface area contributed by atoms with Gasteiger partial charge in [0.05, 0.1) is 16.2 Å². The van der Waals surface area contributed by atoms with Crippen molar-refractivity contribution in [3.63, 3.8) is 0 Å². The smallest absolute Gasteiger partial charge is 0.313 e. The maximum absolute atomic E-state index is 11.8. The van der Waals surface area contributed by atoms with Gasteiger partial charge in [-0.2, -0.15) is 0 Å². The van der Waals surface area contributed by atoms with Crippen molar-refractivity contribution in [1.82, 2.24) is 0 Å². The highest BCUT2D eigenvalue weighted by Gasteiger charge is 2.10.